The minimum atomic E-state index is -0.440. The van der Waals surface area contributed by atoms with Gasteiger partial charge in [0.1, 0.15) is 12.4 Å². The lowest BCUT2D eigenvalue weighted by atomic mass is 9.89. The molecule has 1 amide bonds. The molecule has 17 heavy (non-hydrogen) atoms. The Labute approximate surface area is 99.9 Å². The number of nitrogens with zero attached hydrogens (tertiary/aromatic N) is 1. The average molecular weight is 237 g/mol. The molecule has 1 heterocycles. The maximum Gasteiger partial charge on any atom is 0.248 e. The van der Waals surface area contributed by atoms with Gasteiger partial charge in [0, 0.05) is 13.1 Å². The molecular weight excluding hydrogens is 221 g/mol. The lowest BCUT2D eigenvalue weighted by Crippen LogP contribution is -2.39. The first kappa shape index (κ1) is 12.0. The molecule has 1 aliphatic rings. The Bertz CT molecular complexity index is 400. The van der Waals surface area contributed by atoms with Gasteiger partial charge in [-0.3, -0.25) is 4.79 Å². The van der Waals surface area contributed by atoms with E-state index in [4.69, 9.17) is 5.11 Å². The number of aliphatic hydroxyl groups excluding tert-OH is 1. The van der Waals surface area contributed by atoms with Gasteiger partial charge < -0.3 is 10.0 Å². The van der Waals surface area contributed by atoms with E-state index in [0.29, 0.717) is 13.1 Å². The summed E-state index contributed by atoms with van der Waals surface area (Å²) in [4.78, 5) is 12.9. The molecule has 0 bridgehead atoms. The molecular formula is C13H16FNO2. The quantitative estimate of drug-likeness (QED) is 0.847. The molecule has 2 rings (SSSR count). The van der Waals surface area contributed by atoms with E-state index in [0.717, 1.165) is 18.4 Å². The van der Waals surface area contributed by atoms with Crippen molar-refractivity contribution in [2.75, 3.05) is 19.7 Å². The molecule has 0 aliphatic carbocycles. The summed E-state index contributed by atoms with van der Waals surface area (Å²) in [6.45, 7) is 0.751. The number of hydrogen-bond acceptors (Lipinski definition) is 2. The van der Waals surface area contributed by atoms with Crippen molar-refractivity contribution >= 4 is 5.91 Å². The second kappa shape index (κ2) is 5.27. The van der Waals surface area contributed by atoms with Crippen LogP contribution in [-0.4, -0.2) is 35.6 Å². The van der Waals surface area contributed by atoms with E-state index in [1.165, 1.54) is 6.07 Å². The van der Waals surface area contributed by atoms with Gasteiger partial charge in [0.15, 0.2) is 0 Å². The minimum Gasteiger partial charge on any atom is -0.387 e. The summed E-state index contributed by atoms with van der Waals surface area (Å²) in [6, 6.07) is 6.80. The first-order chi connectivity index (χ1) is 8.22. The predicted octanol–water partition coefficient (Wildman–Crippen LogP) is 1.52. The van der Waals surface area contributed by atoms with Gasteiger partial charge in [0.25, 0.3) is 0 Å². The van der Waals surface area contributed by atoms with E-state index in [-0.39, 0.29) is 17.6 Å². The molecule has 0 aromatic heterocycles. The summed E-state index contributed by atoms with van der Waals surface area (Å²) in [6.07, 6.45) is 1.51. The van der Waals surface area contributed by atoms with Crippen molar-refractivity contribution in [3.8, 4) is 0 Å². The van der Waals surface area contributed by atoms with Gasteiger partial charge in [0.2, 0.25) is 5.91 Å². The highest BCUT2D eigenvalue weighted by Gasteiger charge is 2.24. The van der Waals surface area contributed by atoms with Gasteiger partial charge in [-0.2, -0.15) is 0 Å². The van der Waals surface area contributed by atoms with Gasteiger partial charge >= 0.3 is 0 Å². The molecule has 0 spiro atoms. The van der Waals surface area contributed by atoms with E-state index in [2.05, 4.69) is 0 Å². The van der Waals surface area contributed by atoms with Gasteiger partial charge in [0.05, 0.1) is 0 Å². The average Bonchev–Trinajstić information content (AvgIpc) is 2.39. The Hall–Kier alpha value is -1.42. The number of piperidine rings is 1. The number of benzene rings is 1. The molecule has 1 aliphatic heterocycles. The zero-order chi connectivity index (χ0) is 12.3. The van der Waals surface area contributed by atoms with Crippen molar-refractivity contribution in [3.63, 3.8) is 0 Å². The summed E-state index contributed by atoms with van der Waals surface area (Å²) in [5, 5.41) is 8.76. The topological polar surface area (TPSA) is 40.5 Å². The second-order valence-electron chi connectivity index (χ2n) is 4.33. The molecule has 3 nitrogen and oxygen atoms in total. The highest BCUT2D eigenvalue weighted by molar-refractivity contribution is 5.77. The van der Waals surface area contributed by atoms with Crippen LogP contribution >= 0.6 is 0 Å². The number of likely N-dealkylation sites (tertiary alicyclic amines) is 1. The minimum absolute atomic E-state index is 0.167. The third-order valence-corrected chi connectivity index (χ3v) is 3.33. The highest BCUT2D eigenvalue weighted by atomic mass is 19.1. The van der Waals surface area contributed by atoms with Crippen LogP contribution in [0.2, 0.25) is 0 Å². The van der Waals surface area contributed by atoms with E-state index in [9.17, 15) is 9.18 Å². The Morgan fingerprint density at radius 3 is 2.59 bits per heavy atom. The van der Waals surface area contributed by atoms with Crippen molar-refractivity contribution in [1.29, 1.82) is 0 Å². The number of amides is 1. The molecule has 1 fully saturated rings. The SMILES string of the molecule is O=C(CO)N1CCC(c2ccccc2F)CC1. The van der Waals surface area contributed by atoms with Crippen LogP contribution in [0, 0.1) is 5.82 Å². The maximum absolute atomic E-state index is 13.6. The number of carbonyl (C=O) groups is 1. The van der Waals surface area contributed by atoms with E-state index in [1.54, 1.807) is 11.0 Å². The number of hydrogen-bond donors (Lipinski definition) is 1. The zero-order valence-electron chi connectivity index (χ0n) is 9.60. The van der Waals surface area contributed by atoms with Gasteiger partial charge in [-0.1, -0.05) is 18.2 Å². The van der Waals surface area contributed by atoms with Gasteiger partial charge in [-0.25, -0.2) is 4.39 Å². The predicted molar refractivity (Wildman–Crippen MR) is 62.0 cm³/mol. The molecule has 1 N–H and O–H groups in total. The van der Waals surface area contributed by atoms with E-state index < -0.39 is 6.61 Å². The molecule has 0 radical (unpaired) electrons. The Morgan fingerprint density at radius 2 is 2.00 bits per heavy atom. The summed E-state index contributed by atoms with van der Waals surface area (Å²) < 4.78 is 13.6. The third-order valence-electron chi connectivity index (χ3n) is 3.33. The maximum atomic E-state index is 13.6. The van der Waals surface area contributed by atoms with Crippen LogP contribution in [0.3, 0.4) is 0 Å². The van der Waals surface area contributed by atoms with Crippen molar-refractivity contribution in [3.05, 3.63) is 35.6 Å². The normalized spacial score (nSPS) is 17.2. The van der Waals surface area contributed by atoms with Gasteiger partial charge in [-0.15, -0.1) is 0 Å². The van der Waals surface area contributed by atoms with E-state index in [1.807, 2.05) is 12.1 Å². The second-order valence-corrected chi connectivity index (χ2v) is 4.33. The Morgan fingerprint density at radius 1 is 1.35 bits per heavy atom. The molecule has 92 valence electrons. The van der Waals surface area contributed by atoms with Crippen molar-refractivity contribution in [2.24, 2.45) is 0 Å². The van der Waals surface area contributed by atoms with E-state index >= 15 is 0 Å². The standard InChI is InChI=1S/C13H16FNO2/c14-12-4-2-1-3-11(12)10-5-7-15(8-6-10)13(17)9-16/h1-4,10,16H,5-9H2. The van der Waals surface area contributed by atoms with Crippen LogP contribution in [0.5, 0.6) is 0 Å². The van der Waals surface area contributed by atoms with Crippen LogP contribution in [0.15, 0.2) is 24.3 Å². The van der Waals surface area contributed by atoms with Crippen LogP contribution in [0.1, 0.15) is 24.3 Å². The number of rotatable bonds is 2. The molecule has 0 atom stereocenters. The zero-order valence-corrected chi connectivity index (χ0v) is 9.60. The van der Waals surface area contributed by atoms with Crippen LogP contribution in [0.4, 0.5) is 4.39 Å². The van der Waals surface area contributed by atoms with Crippen LogP contribution in [-0.2, 0) is 4.79 Å². The first-order valence-corrected chi connectivity index (χ1v) is 5.85. The molecule has 1 saturated heterocycles. The fourth-order valence-electron chi connectivity index (χ4n) is 2.35. The summed E-state index contributed by atoms with van der Waals surface area (Å²) in [7, 11) is 0. The first-order valence-electron chi connectivity index (χ1n) is 5.85. The fraction of sp³-hybridized carbons (Fsp3) is 0.462. The van der Waals surface area contributed by atoms with Crippen LogP contribution in [0.25, 0.3) is 0 Å². The smallest absolute Gasteiger partial charge is 0.248 e. The molecule has 0 saturated carbocycles. The number of aliphatic hydroxyl groups is 1. The fourth-order valence-corrected chi connectivity index (χ4v) is 2.35. The molecule has 4 heteroatoms. The summed E-state index contributed by atoms with van der Waals surface area (Å²) in [5.41, 5.74) is 0.739. The molecule has 0 unspecified atom stereocenters. The lowest BCUT2D eigenvalue weighted by Gasteiger charge is -2.32. The number of carbonyl (C=O) groups excluding carboxylic acids is 1. The molecule has 1 aromatic carbocycles. The van der Waals surface area contributed by atoms with Crippen molar-refractivity contribution in [1.82, 2.24) is 4.90 Å². The van der Waals surface area contributed by atoms with Gasteiger partial charge in [-0.05, 0) is 30.4 Å². The van der Waals surface area contributed by atoms with Crippen molar-refractivity contribution in [2.45, 2.75) is 18.8 Å². The van der Waals surface area contributed by atoms with Crippen molar-refractivity contribution < 1.29 is 14.3 Å². The summed E-state index contributed by atoms with van der Waals surface area (Å²) in [5.74, 6) is -0.227. The highest BCUT2D eigenvalue weighted by Crippen LogP contribution is 2.29. The number of halogens is 1. The Kier molecular flexibility index (Phi) is 3.74. The van der Waals surface area contributed by atoms with Crippen LogP contribution < -0.4 is 0 Å². The third kappa shape index (κ3) is 2.64. The summed E-state index contributed by atoms with van der Waals surface area (Å²) >= 11 is 0. The Balaban J connectivity index is 2.00. The molecule has 1 aromatic rings. The largest absolute Gasteiger partial charge is 0.387 e. The lowest BCUT2D eigenvalue weighted by molar-refractivity contribution is -0.135. The monoisotopic (exact) mass is 237 g/mol.